The molecule has 0 spiro atoms. The highest BCUT2D eigenvalue weighted by atomic mass is 16.3. The van der Waals surface area contributed by atoms with Crippen molar-refractivity contribution in [3.63, 3.8) is 0 Å². The SMILES string of the molecule is C=CCC(C=C)N(C(=C)/C=c1\c(=C)n2c3cc4c5cccc6c7cc(N(c8ccccc8)c8cccc9c8oc8c(-c%10ccccc%10C)cccc89)ccc7n(c4cc3c3cccc1c32)c65)c1cccc2c1oc1c(-c3ccccc3C)cccc12. The van der Waals surface area contributed by atoms with Crippen molar-refractivity contribution in [3.05, 3.63) is 278 Å². The molecule has 0 bridgehead atoms. The molecule has 408 valence electrons. The zero-order valence-corrected chi connectivity index (χ0v) is 47.7. The zero-order chi connectivity index (χ0) is 57.6. The van der Waals surface area contributed by atoms with Gasteiger partial charge in [0.15, 0.2) is 11.2 Å². The molecule has 0 aliphatic carbocycles. The monoisotopic (exact) mass is 1100 g/mol. The quantitative estimate of drug-likeness (QED) is 0.114. The summed E-state index contributed by atoms with van der Waals surface area (Å²) in [6.07, 6.45) is 6.79. The van der Waals surface area contributed by atoms with Gasteiger partial charge in [0, 0.05) is 98.0 Å². The lowest BCUT2D eigenvalue weighted by Gasteiger charge is -2.31. The Bertz CT molecular complexity index is 5830. The number of furan rings is 2. The maximum atomic E-state index is 7.10. The molecule has 6 heteroatoms. The predicted molar refractivity (Wildman–Crippen MR) is 364 cm³/mol. The van der Waals surface area contributed by atoms with E-state index in [1.165, 1.54) is 60.0 Å². The Morgan fingerprint density at radius 2 is 0.919 bits per heavy atom. The lowest BCUT2D eigenvalue weighted by Crippen LogP contribution is -2.34. The highest BCUT2D eigenvalue weighted by Crippen LogP contribution is 2.48. The first-order valence-corrected chi connectivity index (χ1v) is 29.5. The number of aromatic nitrogens is 2. The van der Waals surface area contributed by atoms with Gasteiger partial charge in [-0.3, -0.25) is 0 Å². The van der Waals surface area contributed by atoms with Crippen molar-refractivity contribution in [2.75, 3.05) is 9.80 Å². The third kappa shape index (κ3) is 6.95. The van der Waals surface area contributed by atoms with Crippen LogP contribution in [-0.2, 0) is 0 Å². The number of benzene rings is 11. The van der Waals surface area contributed by atoms with Gasteiger partial charge in [0.1, 0.15) is 11.2 Å². The van der Waals surface area contributed by atoms with Gasteiger partial charge in [0.25, 0.3) is 0 Å². The Morgan fingerprint density at radius 1 is 0.442 bits per heavy atom. The van der Waals surface area contributed by atoms with Crippen LogP contribution in [0, 0.1) is 13.8 Å². The van der Waals surface area contributed by atoms with Crippen LogP contribution >= 0.6 is 0 Å². The molecule has 6 aromatic heterocycles. The smallest absolute Gasteiger partial charge is 0.159 e. The summed E-state index contributed by atoms with van der Waals surface area (Å²) in [5, 5.41) is 14.5. The van der Waals surface area contributed by atoms with Gasteiger partial charge in [-0.05, 0) is 103 Å². The van der Waals surface area contributed by atoms with Gasteiger partial charge in [-0.15, -0.1) is 13.2 Å². The lowest BCUT2D eigenvalue weighted by atomic mass is 9.98. The Labute approximate surface area is 495 Å². The largest absolute Gasteiger partial charge is 0.453 e. The van der Waals surface area contributed by atoms with Gasteiger partial charge in [0.2, 0.25) is 0 Å². The number of anilines is 4. The fourth-order valence-corrected chi connectivity index (χ4v) is 14.5. The van der Waals surface area contributed by atoms with Crippen LogP contribution in [-0.4, -0.2) is 14.8 Å². The maximum absolute atomic E-state index is 7.10. The van der Waals surface area contributed by atoms with Crippen LogP contribution in [0.2, 0.25) is 0 Å². The molecule has 86 heavy (non-hydrogen) atoms. The number of allylic oxidation sites excluding steroid dienone is 1. The first-order valence-electron chi connectivity index (χ1n) is 29.5. The molecular weight excluding hydrogens is 1050 g/mol. The number of nitrogens with zero attached hydrogens (tertiary/aromatic N) is 4. The minimum absolute atomic E-state index is 0.165. The second kappa shape index (κ2) is 18.7. The lowest BCUT2D eigenvalue weighted by molar-refractivity contribution is 0.664. The summed E-state index contributed by atoms with van der Waals surface area (Å²) in [7, 11) is 0. The van der Waals surface area contributed by atoms with E-state index in [-0.39, 0.29) is 6.04 Å². The summed E-state index contributed by atoms with van der Waals surface area (Å²) in [6.45, 7) is 22.6. The van der Waals surface area contributed by atoms with E-state index in [1.54, 1.807) is 0 Å². The van der Waals surface area contributed by atoms with Crippen molar-refractivity contribution in [1.82, 2.24) is 8.80 Å². The summed E-state index contributed by atoms with van der Waals surface area (Å²) >= 11 is 0. The standard InChI is InChI=1S/C80H56N4O2/c1-7-22-51(8-2)81(71-39-20-37-64-62-35-18-33-60(77(62)85-79(64)71)54-27-14-12-23-47(54)3)49(5)43-66-50(6)82-73-45-69-59-32-17-30-57-67-44-53(41-42-70(67)84(76(57)59)74(69)46-68(73)58-31-16-29-56(66)75(58)82)83(52-25-10-9-11-26-52)72-40-21-38-65-63-36-19-34-61(78(63)86-80(65)72)55-28-15-13-24-48(55)4/h7-21,23-46,51H,1-2,5-6,22H2,3-4H3/b66-43+. The average molecular weight is 1110 g/mol. The summed E-state index contributed by atoms with van der Waals surface area (Å²) in [5.41, 5.74) is 20.8. The zero-order valence-electron chi connectivity index (χ0n) is 47.7. The molecule has 17 aromatic rings. The summed E-state index contributed by atoms with van der Waals surface area (Å²) in [4.78, 5) is 4.61. The molecule has 0 amide bonds. The topological polar surface area (TPSA) is 41.6 Å². The molecule has 0 N–H and O–H groups in total. The van der Waals surface area contributed by atoms with Crippen molar-refractivity contribution in [2.24, 2.45) is 0 Å². The minimum atomic E-state index is -0.165. The molecule has 17 rings (SSSR count). The number of hydrogen-bond donors (Lipinski definition) is 0. The molecule has 6 nitrogen and oxygen atoms in total. The van der Waals surface area contributed by atoms with Gasteiger partial charge < -0.3 is 27.4 Å². The average Bonchev–Trinajstić information content (AvgIpc) is 1.57. The third-order valence-corrected chi connectivity index (χ3v) is 18.4. The highest BCUT2D eigenvalue weighted by molar-refractivity contribution is 6.27. The van der Waals surface area contributed by atoms with Crippen LogP contribution in [0.15, 0.2) is 265 Å². The highest BCUT2D eigenvalue weighted by Gasteiger charge is 2.27. The fourth-order valence-electron chi connectivity index (χ4n) is 14.5. The molecule has 6 heterocycles. The fraction of sp³-hybridized carbons (Fsp3) is 0.0500. The molecule has 0 saturated heterocycles. The van der Waals surface area contributed by atoms with E-state index in [2.05, 4.69) is 270 Å². The van der Waals surface area contributed by atoms with Crippen LogP contribution in [0.3, 0.4) is 0 Å². The molecule has 0 aliphatic rings. The van der Waals surface area contributed by atoms with Crippen LogP contribution in [0.25, 0.3) is 144 Å². The molecule has 0 fully saturated rings. The maximum Gasteiger partial charge on any atom is 0.159 e. The van der Waals surface area contributed by atoms with E-state index in [1.807, 2.05) is 12.2 Å². The first-order chi connectivity index (χ1) is 42.3. The molecule has 0 radical (unpaired) electrons. The van der Waals surface area contributed by atoms with Gasteiger partial charge in [-0.2, -0.15) is 0 Å². The third-order valence-electron chi connectivity index (χ3n) is 18.4. The number of fused-ring (bicyclic) bond motifs is 15. The van der Waals surface area contributed by atoms with Crippen LogP contribution in [0.1, 0.15) is 17.5 Å². The van der Waals surface area contributed by atoms with Crippen molar-refractivity contribution in [3.8, 4) is 22.3 Å². The van der Waals surface area contributed by atoms with Gasteiger partial charge in [0.05, 0.1) is 45.0 Å². The number of hydrogen-bond acceptors (Lipinski definition) is 4. The summed E-state index contributed by atoms with van der Waals surface area (Å²) < 4.78 is 19.0. The minimum Gasteiger partial charge on any atom is -0.453 e. The molecule has 0 saturated carbocycles. The van der Waals surface area contributed by atoms with Gasteiger partial charge >= 0.3 is 0 Å². The Balaban J connectivity index is 0.815. The molecule has 1 unspecified atom stereocenters. The van der Waals surface area contributed by atoms with Crippen molar-refractivity contribution < 1.29 is 8.83 Å². The molecule has 1 atom stereocenters. The molecular formula is C80H56N4O2. The molecule has 0 aliphatic heterocycles. The normalized spacial score (nSPS) is 12.8. The summed E-state index contributed by atoms with van der Waals surface area (Å²) in [5.74, 6) is 0. The second-order valence-electron chi connectivity index (χ2n) is 23.0. The van der Waals surface area contributed by atoms with Crippen LogP contribution in [0.4, 0.5) is 22.7 Å². The van der Waals surface area contributed by atoms with Crippen LogP contribution < -0.4 is 20.4 Å². The van der Waals surface area contributed by atoms with Gasteiger partial charge in [-0.25, -0.2) is 0 Å². The van der Waals surface area contributed by atoms with E-state index in [0.29, 0.717) is 6.42 Å². The van der Waals surface area contributed by atoms with Crippen molar-refractivity contribution in [1.29, 1.82) is 0 Å². The first kappa shape index (κ1) is 49.5. The Morgan fingerprint density at radius 3 is 1.51 bits per heavy atom. The van der Waals surface area contributed by atoms with Crippen molar-refractivity contribution in [2.45, 2.75) is 26.3 Å². The predicted octanol–water partition coefficient (Wildman–Crippen LogP) is 20.4. The van der Waals surface area contributed by atoms with E-state index < -0.39 is 0 Å². The Hall–Kier alpha value is -11.1. The van der Waals surface area contributed by atoms with Gasteiger partial charge in [-0.1, -0.05) is 189 Å². The van der Waals surface area contributed by atoms with Crippen molar-refractivity contribution >= 4 is 145 Å². The second-order valence-corrected chi connectivity index (χ2v) is 23.0. The number of aryl methyl sites for hydroxylation is 2. The van der Waals surface area contributed by atoms with E-state index in [4.69, 9.17) is 22.0 Å². The van der Waals surface area contributed by atoms with Crippen LogP contribution in [0.5, 0.6) is 0 Å². The van der Waals surface area contributed by atoms with E-state index >= 15 is 0 Å². The van der Waals surface area contributed by atoms with E-state index in [0.717, 1.165) is 122 Å². The molecule has 11 aromatic carbocycles. The number of para-hydroxylation sites is 7. The summed E-state index contributed by atoms with van der Waals surface area (Å²) in [6, 6.07) is 78.6. The number of rotatable bonds is 12. The van der Waals surface area contributed by atoms with E-state index in [9.17, 15) is 0 Å². The Kier molecular flexibility index (Phi) is 10.8.